The monoisotopic (exact) mass is 244 g/mol. The number of nitrogens with zero attached hydrogens (tertiary/aromatic N) is 1. The summed E-state index contributed by atoms with van der Waals surface area (Å²) >= 11 is 0. The molecule has 0 aliphatic carbocycles. The average molecular weight is 244 g/mol. The Balaban J connectivity index is 2.11. The van der Waals surface area contributed by atoms with Crippen molar-refractivity contribution < 1.29 is 4.42 Å². The van der Waals surface area contributed by atoms with Crippen LogP contribution in [0.4, 0.5) is 6.01 Å². The first kappa shape index (κ1) is 12.7. The van der Waals surface area contributed by atoms with Crippen molar-refractivity contribution in [2.75, 3.05) is 12.4 Å². The Bertz CT molecular complexity index is 506. The summed E-state index contributed by atoms with van der Waals surface area (Å²) in [5.74, 6) is 0. The molecule has 2 rings (SSSR count). The molecule has 0 radical (unpaired) electrons. The van der Waals surface area contributed by atoms with Gasteiger partial charge in [-0.05, 0) is 16.5 Å². The zero-order chi connectivity index (χ0) is 13.2. The lowest BCUT2D eigenvalue weighted by atomic mass is 9.86. The van der Waals surface area contributed by atoms with Crippen LogP contribution in [0.5, 0.6) is 0 Å². The van der Waals surface area contributed by atoms with Crippen molar-refractivity contribution in [3.63, 3.8) is 0 Å². The van der Waals surface area contributed by atoms with Gasteiger partial charge in [0.15, 0.2) is 0 Å². The van der Waals surface area contributed by atoms with Gasteiger partial charge in [0, 0.05) is 13.5 Å². The fourth-order valence-electron chi connectivity index (χ4n) is 1.83. The third kappa shape index (κ3) is 2.92. The molecule has 0 saturated heterocycles. The highest BCUT2D eigenvalue weighted by Crippen LogP contribution is 2.23. The third-order valence-electron chi connectivity index (χ3n) is 2.97. The van der Waals surface area contributed by atoms with Crippen molar-refractivity contribution in [3.8, 4) is 0 Å². The maximum absolute atomic E-state index is 5.24. The molecule has 0 amide bonds. The van der Waals surface area contributed by atoms with Gasteiger partial charge in [-0.2, -0.15) is 4.98 Å². The predicted octanol–water partition coefficient (Wildman–Crippen LogP) is 3.60. The van der Waals surface area contributed by atoms with Gasteiger partial charge in [0.2, 0.25) is 0 Å². The molecule has 0 atom stereocenters. The zero-order valence-corrected chi connectivity index (χ0v) is 11.4. The normalized spacial score (nSPS) is 11.6. The molecule has 1 N–H and O–H groups in total. The summed E-state index contributed by atoms with van der Waals surface area (Å²) in [6, 6.07) is 9.27. The molecule has 18 heavy (non-hydrogen) atoms. The van der Waals surface area contributed by atoms with Crippen molar-refractivity contribution >= 4 is 6.01 Å². The smallest absolute Gasteiger partial charge is 0.294 e. The van der Waals surface area contributed by atoms with Gasteiger partial charge in [-0.1, -0.05) is 45.0 Å². The number of hydrogen-bond donors (Lipinski definition) is 1. The van der Waals surface area contributed by atoms with E-state index in [1.54, 1.807) is 13.3 Å². The number of benzene rings is 1. The van der Waals surface area contributed by atoms with Crippen molar-refractivity contribution in [1.29, 1.82) is 0 Å². The van der Waals surface area contributed by atoms with Gasteiger partial charge >= 0.3 is 0 Å². The summed E-state index contributed by atoms with van der Waals surface area (Å²) < 4.78 is 5.24. The van der Waals surface area contributed by atoms with Crippen LogP contribution in [0.25, 0.3) is 0 Å². The SMILES string of the molecule is CNc1nc(Cc2ccc(C(C)(C)C)cc2)co1. The highest BCUT2D eigenvalue weighted by atomic mass is 16.4. The van der Waals surface area contributed by atoms with Crippen LogP contribution in [0.15, 0.2) is 34.9 Å². The molecule has 0 fully saturated rings. The highest BCUT2D eigenvalue weighted by molar-refractivity contribution is 5.30. The Labute approximate surface area is 108 Å². The fraction of sp³-hybridized carbons (Fsp3) is 0.400. The third-order valence-corrected chi connectivity index (χ3v) is 2.97. The number of aromatic nitrogens is 1. The molecule has 0 spiro atoms. The van der Waals surface area contributed by atoms with Crippen LogP contribution >= 0.6 is 0 Å². The number of oxazole rings is 1. The van der Waals surface area contributed by atoms with Crippen LogP contribution in [0.1, 0.15) is 37.6 Å². The Morgan fingerprint density at radius 1 is 1.17 bits per heavy atom. The van der Waals surface area contributed by atoms with Crippen LogP contribution in [0, 0.1) is 0 Å². The van der Waals surface area contributed by atoms with E-state index in [-0.39, 0.29) is 5.41 Å². The van der Waals surface area contributed by atoms with Gasteiger partial charge in [0.25, 0.3) is 6.01 Å². The minimum Gasteiger partial charge on any atom is -0.432 e. The van der Waals surface area contributed by atoms with Crippen LogP contribution in [0.2, 0.25) is 0 Å². The molecule has 0 unspecified atom stereocenters. The number of nitrogens with one attached hydrogen (secondary N) is 1. The Morgan fingerprint density at radius 3 is 2.33 bits per heavy atom. The molecule has 3 heteroatoms. The largest absolute Gasteiger partial charge is 0.432 e. The molecule has 3 nitrogen and oxygen atoms in total. The first-order valence-corrected chi connectivity index (χ1v) is 6.20. The van der Waals surface area contributed by atoms with E-state index in [2.05, 4.69) is 55.3 Å². The molecule has 2 aromatic rings. The summed E-state index contributed by atoms with van der Waals surface area (Å²) in [6.45, 7) is 6.66. The molecule has 1 aromatic heterocycles. The molecule has 0 aliphatic rings. The topological polar surface area (TPSA) is 38.1 Å². The molecule has 96 valence electrons. The second-order valence-electron chi connectivity index (χ2n) is 5.52. The van der Waals surface area contributed by atoms with E-state index in [1.807, 2.05) is 0 Å². The van der Waals surface area contributed by atoms with Crippen molar-refractivity contribution in [1.82, 2.24) is 4.98 Å². The minimum atomic E-state index is 0.200. The van der Waals surface area contributed by atoms with E-state index in [0.29, 0.717) is 6.01 Å². The summed E-state index contributed by atoms with van der Waals surface area (Å²) in [4.78, 5) is 4.32. The maximum atomic E-state index is 5.24. The van der Waals surface area contributed by atoms with E-state index >= 15 is 0 Å². The first-order valence-electron chi connectivity index (χ1n) is 6.20. The second kappa shape index (κ2) is 4.84. The van der Waals surface area contributed by atoms with Crippen LogP contribution in [0.3, 0.4) is 0 Å². The van der Waals surface area contributed by atoms with E-state index in [4.69, 9.17) is 4.42 Å². The molecule has 0 saturated carbocycles. The predicted molar refractivity (Wildman–Crippen MR) is 74.0 cm³/mol. The minimum absolute atomic E-state index is 0.200. The van der Waals surface area contributed by atoms with Crippen molar-refractivity contribution in [2.24, 2.45) is 0 Å². The van der Waals surface area contributed by atoms with Gasteiger partial charge in [-0.3, -0.25) is 0 Å². The molecule has 0 bridgehead atoms. The van der Waals surface area contributed by atoms with E-state index in [1.165, 1.54) is 11.1 Å². The maximum Gasteiger partial charge on any atom is 0.294 e. The molecular weight excluding hydrogens is 224 g/mol. The highest BCUT2D eigenvalue weighted by Gasteiger charge is 2.13. The summed E-state index contributed by atoms with van der Waals surface area (Å²) in [6.07, 6.45) is 2.50. The van der Waals surface area contributed by atoms with E-state index in [9.17, 15) is 0 Å². The molecular formula is C15H20N2O. The first-order chi connectivity index (χ1) is 8.49. The van der Waals surface area contributed by atoms with Crippen molar-refractivity contribution in [2.45, 2.75) is 32.6 Å². The number of anilines is 1. The van der Waals surface area contributed by atoms with Crippen LogP contribution in [-0.2, 0) is 11.8 Å². The number of hydrogen-bond acceptors (Lipinski definition) is 3. The van der Waals surface area contributed by atoms with Gasteiger partial charge in [-0.25, -0.2) is 0 Å². The second-order valence-corrected chi connectivity index (χ2v) is 5.52. The number of rotatable bonds is 3. The molecule has 0 aliphatic heterocycles. The van der Waals surface area contributed by atoms with E-state index < -0.39 is 0 Å². The van der Waals surface area contributed by atoms with Gasteiger partial charge in [0.05, 0.1) is 5.69 Å². The van der Waals surface area contributed by atoms with Gasteiger partial charge < -0.3 is 9.73 Å². The van der Waals surface area contributed by atoms with Gasteiger partial charge in [0.1, 0.15) is 6.26 Å². The van der Waals surface area contributed by atoms with Crippen LogP contribution in [-0.4, -0.2) is 12.0 Å². The summed E-state index contributed by atoms with van der Waals surface area (Å²) in [5, 5.41) is 2.88. The summed E-state index contributed by atoms with van der Waals surface area (Å²) in [5.41, 5.74) is 3.75. The van der Waals surface area contributed by atoms with Gasteiger partial charge in [-0.15, -0.1) is 0 Å². The van der Waals surface area contributed by atoms with Crippen LogP contribution < -0.4 is 5.32 Å². The van der Waals surface area contributed by atoms with Crippen molar-refractivity contribution in [3.05, 3.63) is 47.3 Å². The Kier molecular flexibility index (Phi) is 3.41. The fourth-order valence-corrected chi connectivity index (χ4v) is 1.83. The lowest BCUT2D eigenvalue weighted by Crippen LogP contribution is -2.10. The lowest BCUT2D eigenvalue weighted by Gasteiger charge is -2.19. The lowest BCUT2D eigenvalue weighted by molar-refractivity contribution is 0.574. The summed E-state index contributed by atoms with van der Waals surface area (Å²) in [7, 11) is 1.80. The quantitative estimate of drug-likeness (QED) is 0.896. The average Bonchev–Trinajstić information content (AvgIpc) is 2.76. The molecule has 1 heterocycles. The van der Waals surface area contributed by atoms with E-state index in [0.717, 1.165) is 12.1 Å². The zero-order valence-electron chi connectivity index (χ0n) is 11.4. The Morgan fingerprint density at radius 2 is 1.83 bits per heavy atom. The Hall–Kier alpha value is -1.77. The molecule has 1 aromatic carbocycles. The standard InChI is InChI=1S/C15H20N2O/c1-15(2,3)12-7-5-11(6-8-12)9-13-10-18-14(16-4)17-13/h5-8,10H,9H2,1-4H3,(H,16,17).